The number of methoxy groups -OCH3 is 1. The molecule has 0 radical (unpaired) electrons. The number of nitrogens with two attached hydrogens (primary N) is 1. The molecule has 1 aromatic heterocycles. The summed E-state index contributed by atoms with van der Waals surface area (Å²) in [7, 11) is 1.62. The molecule has 2 atom stereocenters. The molecule has 0 saturated heterocycles. The van der Waals surface area contributed by atoms with E-state index >= 15 is 0 Å². The van der Waals surface area contributed by atoms with Gasteiger partial charge in [-0.05, 0) is 31.7 Å². The number of ether oxygens (including phenoxy) is 1. The molecule has 0 amide bonds. The first kappa shape index (κ1) is 11.2. The third kappa shape index (κ3) is 2.85. The van der Waals surface area contributed by atoms with Gasteiger partial charge in [0, 0.05) is 18.2 Å². The Morgan fingerprint density at radius 2 is 2.31 bits per heavy atom. The Labute approximate surface area is 96.2 Å². The molecule has 1 aromatic rings. The van der Waals surface area contributed by atoms with Crippen LogP contribution in [-0.2, 0) is 0 Å². The van der Waals surface area contributed by atoms with Crippen molar-refractivity contribution in [3.63, 3.8) is 0 Å². The van der Waals surface area contributed by atoms with E-state index in [-0.39, 0.29) is 0 Å². The van der Waals surface area contributed by atoms with E-state index < -0.39 is 0 Å². The Bertz CT molecular complexity index is 326. The number of pyridine rings is 1. The predicted molar refractivity (Wildman–Crippen MR) is 64.6 cm³/mol. The highest BCUT2D eigenvalue weighted by Crippen LogP contribution is 2.21. The van der Waals surface area contributed by atoms with Crippen LogP contribution >= 0.6 is 0 Å². The largest absolute Gasteiger partial charge is 0.481 e. The van der Waals surface area contributed by atoms with Gasteiger partial charge >= 0.3 is 0 Å². The average Bonchev–Trinajstić information content (AvgIpc) is 2.30. The fourth-order valence-electron chi connectivity index (χ4n) is 2.18. The predicted octanol–water partition coefficient (Wildman–Crippen LogP) is 1.77. The molecule has 0 aromatic carbocycles. The molecule has 1 aliphatic carbocycles. The van der Waals surface area contributed by atoms with E-state index in [1.54, 1.807) is 13.3 Å². The van der Waals surface area contributed by atoms with Gasteiger partial charge in [-0.1, -0.05) is 0 Å². The van der Waals surface area contributed by atoms with Crippen molar-refractivity contribution in [1.82, 2.24) is 4.98 Å². The maximum Gasteiger partial charge on any atom is 0.213 e. The van der Waals surface area contributed by atoms with Crippen LogP contribution in [0.1, 0.15) is 25.7 Å². The molecule has 88 valence electrons. The second-order valence-corrected chi connectivity index (χ2v) is 4.36. The normalized spacial score (nSPS) is 25.1. The number of nitrogens with one attached hydrogen (secondary N) is 1. The Balaban J connectivity index is 1.92. The lowest BCUT2D eigenvalue weighted by Gasteiger charge is -2.28. The second-order valence-electron chi connectivity index (χ2n) is 4.36. The molecule has 1 saturated carbocycles. The van der Waals surface area contributed by atoms with Gasteiger partial charge in [0.15, 0.2) is 0 Å². The third-order valence-electron chi connectivity index (χ3n) is 3.03. The van der Waals surface area contributed by atoms with Crippen LogP contribution in [0.2, 0.25) is 0 Å². The Hall–Kier alpha value is -1.29. The van der Waals surface area contributed by atoms with Crippen molar-refractivity contribution in [2.45, 2.75) is 37.8 Å². The zero-order valence-electron chi connectivity index (χ0n) is 9.65. The second kappa shape index (κ2) is 5.16. The molecule has 0 bridgehead atoms. The first-order valence-corrected chi connectivity index (χ1v) is 5.80. The maximum atomic E-state index is 5.95. The van der Waals surface area contributed by atoms with Crippen LogP contribution in [0.4, 0.5) is 5.69 Å². The molecule has 4 nitrogen and oxygen atoms in total. The highest BCUT2D eigenvalue weighted by atomic mass is 16.5. The highest BCUT2D eigenvalue weighted by Gasteiger charge is 2.18. The topological polar surface area (TPSA) is 60.2 Å². The first-order chi connectivity index (χ1) is 7.78. The third-order valence-corrected chi connectivity index (χ3v) is 3.03. The number of nitrogens with zero attached hydrogens (tertiary/aromatic N) is 1. The van der Waals surface area contributed by atoms with Gasteiger partial charge in [-0.3, -0.25) is 0 Å². The van der Waals surface area contributed by atoms with Crippen molar-refractivity contribution < 1.29 is 4.74 Å². The standard InChI is InChI=1S/C12H19N3O/c1-16-12-6-5-11(8-14-12)15-10-4-2-3-9(13)7-10/h5-6,8-10,15H,2-4,7,13H2,1H3. The lowest BCUT2D eigenvalue weighted by atomic mass is 9.91. The number of aromatic nitrogens is 1. The summed E-state index contributed by atoms with van der Waals surface area (Å²) in [6, 6.07) is 4.69. The molecule has 2 rings (SSSR count). The minimum Gasteiger partial charge on any atom is -0.481 e. The zero-order valence-corrected chi connectivity index (χ0v) is 9.65. The van der Waals surface area contributed by atoms with Crippen molar-refractivity contribution in [1.29, 1.82) is 0 Å². The lowest BCUT2D eigenvalue weighted by Crippen LogP contribution is -2.34. The average molecular weight is 221 g/mol. The molecule has 2 unspecified atom stereocenters. The molecular formula is C12H19N3O. The van der Waals surface area contributed by atoms with Gasteiger partial charge in [0.1, 0.15) is 0 Å². The van der Waals surface area contributed by atoms with Crippen molar-refractivity contribution in [2.24, 2.45) is 5.73 Å². The quantitative estimate of drug-likeness (QED) is 0.816. The fourth-order valence-corrected chi connectivity index (χ4v) is 2.18. The summed E-state index contributed by atoms with van der Waals surface area (Å²) in [5, 5.41) is 3.46. The van der Waals surface area contributed by atoms with E-state index in [0.717, 1.165) is 18.5 Å². The minimum atomic E-state index is 0.345. The van der Waals surface area contributed by atoms with Gasteiger partial charge < -0.3 is 15.8 Å². The maximum absolute atomic E-state index is 5.95. The lowest BCUT2D eigenvalue weighted by molar-refractivity contribution is 0.397. The number of hydrogen-bond donors (Lipinski definition) is 2. The van der Waals surface area contributed by atoms with Crippen LogP contribution < -0.4 is 15.8 Å². The van der Waals surface area contributed by atoms with Crippen molar-refractivity contribution >= 4 is 5.69 Å². The number of rotatable bonds is 3. The molecular weight excluding hydrogens is 202 g/mol. The van der Waals surface area contributed by atoms with Crippen LogP contribution in [-0.4, -0.2) is 24.2 Å². The van der Waals surface area contributed by atoms with Crippen molar-refractivity contribution in [2.75, 3.05) is 12.4 Å². The fraction of sp³-hybridized carbons (Fsp3) is 0.583. The summed E-state index contributed by atoms with van der Waals surface area (Å²) < 4.78 is 5.02. The van der Waals surface area contributed by atoms with Crippen LogP contribution in [0.3, 0.4) is 0 Å². The Kier molecular flexibility index (Phi) is 3.62. The van der Waals surface area contributed by atoms with E-state index in [0.29, 0.717) is 18.0 Å². The number of anilines is 1. The van der Waals surface area contributed by atoms with Gasteiger partial charge in [0.05, 0.1) is 19.0 Å². The van der Waals surface area contributed by atoms with Gasteiger partial charge in [0.2, 0.25) is 5.88 Å². The number of hydrogen-bond acceptors (Lipinski definition) is 4. The van der Waals surface area contributed by atoms with Crippen molar-refractivity contribution in [3.05, 3.63) is 18.3 Å². The van der Waals surface area contributed by atoms with E-state index in [9.17, 15) is 0 Å². The van der Waals surface area contributed by atoms with E-state index in [1.165, 1.54) is 12.8 Å². The highest BCUT2D eigenvalue weighted by molar-refractivity contribution is 5.43. The molecule has 1 aliphatic rings. The molecule has 0 spiro atoms. The Morgan fingerprint density at radius 3 is 2.94 bits per heavy atom. The van der Waals surface area contributed by atoms with Crippen LogP contribution in [0.5, 0.6) is 5.88 Å². The summed E-state index contributed by atoms with van der Waals surface area (Å²) in [4.78, 5) is 4.17. The molecule has 1 heterocycles. The van der Waals surface area contributed by atoms with Crippen LogP contribution in [0.15, 0.2) is 18.3 Å². The molecule has 16 heavy (non-hydrogen) atoms. The summed E-state index contributed by atoms with van der Waals surface area (Å²) in [5.41, 5.74) is 6.99. The summed E-state index contributed by atoms with van der Waals surface area (Å²) in [5.74, 6) is 0.644. The zero-order chi connectivity index (χ0) is 11.4. The minimum absolute atomic E-state index is 0.345. The van der Waals surface area contributed by atoms with E-state index in [4.69, 9.17) is 10.5 Å². The van der Waals surface area contributed by atoms with E-state index in [1.807, 2.05) is 12.1 Å². The monoisotopic (exact) mass is 221 g/mol. The molecule has 0 aliphatic heterocycles. The van der Waals surface area contributed by atoms with Gasteiger partial charge in [-0.15, -0.1) is 0 Å². The van der Waals surface area contributed by atoms with Crippen LogP contribution in [0.25, 0.3) is 0 Å². The first-order valence-electron chi connectivity index (χ1n) is 5.80. The molecule has 4 heteroatoms. The SMILES string of the molecule is COc1ccc(NC2CCCC(N)C2)cn1. The van der Waals surface area contributed by atoms with Crippen molar-refractivity contribution in [3.8, 4) is 5.88 Å². The summed E-state index contributed by atoms with van der Waals surface area (Å²) in [6.07, 6.45) is 6.41. The summed E-state index contributed by atoms with van der Waals surface area (Å²) in [6.45, 7) is 0. The van der Waals surface area contributed by atoms with Crippen LogP contribution in [0, 0.1) is 0 Å². The molecule has 1 fully saturated rings. The van der Waals surface area contributed by atoms with Gasteiger partial charge in [-0.2, -0.15) is 0 Å². The van der Waals surface area contributed by atoms with Gasteiger partial charge in [0.25, 0.3) is 0 Å². The Morgan fingerprint density at radius 1 is 1.44 bits per heavy atom. The summed E-state index contributed by atoms with van der Waals surface area (Å²) >= 11 is 0. The molecule has 3 N–H and O–H groups in total. The van der Waals surface area contributed by atoms with E-state index in [2.05, 4.69) is 10.3 Å². The smallest absolute Gasteiger partial charge is 0.213 e. The van der Waals surface area contributed by atoms with Gasteiger partial charge in [-0.25, -0.2) is 4.98 Å².